The predicted molar refractivity (Wildman–Crippen MR) is 55.0 cm³/mol. The van der Waals surface area contributed by atoms with Crippen molar-refractivity contribution in [2.75, 3.05) is 0 Å². The Morgan fingerprint density at radius 1 is 0.833 bits per heavy atom. The lowest BCUT2D eigenvalue weighted by Gasteiger charge is -1.99. The lowest BCUT2D eigenvalue weighted by molar-refractivity contribution is 1.13. The van der Waals surface area contributed by atoms with E-state index in [2.05, 4.69) is 50.3 Å². The van der Waals surface area contributed by atoms with Crippen molar-refractivity contribution in [2.24, 2.45) is 0 Å². The number of rotatable bonds is 2. The number of hydrogen-bond acceptors (Lipinski definition) is 0. The largest absolute Gasteiger partial charge is 0.0620 e. The summed E-state index contributed by atoms with van der Waals surface area (Å²) in [5, 5.41) is 0. The van der Waals surface area contributed by atoms with Crippen LogP contribution < -0.4 is 0 Å². The maximum absolute atomic E-state index is 2.21. The fourth-order valence-electron chi connectivity index (χ4n) is 1.15. The fraction of sp³-hybridized carbons (Fsp3) is 0.333. The molecule has 0 aromatic rings. The molecule has 0 aliphatic heterocycles. The minimum Gasteiger partial charge on any atom is -0.0620 e. The minimum atomic E-state index is 1.11. The molecule has 0 amide bonds. The van der Waals surface area contributed by atoms with E-state index in [0.29, 0.717) is 0 Å². The van der Waals surface area contributed by atoms with Crippen molar-refractivity contribution in [3.63, 3.8) is 0 Å². The van der Waals surface area contributed by atoms with Gasteiger partial charge in [0.05, 0.1) is 0 Å². The van der Waals surface area contributed by atoms with E-state index in [9.17, 15) is 0 Å². The van der Waals surface area contributed by atoms with Crippen LogP contribution in [0.2, 0.25) is 0 Å². The van der Waals surface area contributed by atoms with Gasteiger partial charge >= 0.3 is 0 Å². The molecule has 0 spiro atoms. The van der Waals surface area contributed by atoms with Crippen molar-refractivity contribution in [2.45, 2.75) is 26.7 Å². The molecule has 0 atom stereocenters. The van der Waals surface area contributed by atoms with E-state index < -0.39 is 0 Å². The zero-order valence-electron chi connectivity index (χ0n) is 7.88. The first kappa shape index (κ1) is 9.05. The van der Waals surface area contributed by atoms with Gasteiger partial charge in [-0.15, -0.1) is 0 Å². The van der Waals surface area contributed by atoms with Crippen molar-refractivity contribution in [3.8, 4) is 0 Å². The molecule has 0 nitrogen and oxygen atoms in total. The minimum absolute atomic E-state index is 1.11. The first-order valence-corrected chi connectivity index (χ1v) is 4.61. The Balaban J connectivity index is 2.83. The van der Waals surface area contributed by atoms with Crippen LogP contribution in [0.15, 0.2) is 47.6 Å². The summed E-state index contributed by atoms with van der Waals surface area (Å²) in [6.45, 7) is 4.36. The molecule has 0 unspecified atom stereocenters. The molecule has 1 aliphatic rings. The van der Waals surface area contributed by atoms with E-state index >= 15 is 0 Å². The van der Waals surface area contributed by atoms with Gasteiger partial charge in [0.1, 0.15) is 0 Å². The highest BCUT2D eigenvalue weighted by molar-refractivity contribution is 5.35. The van der Waals surface area contributed by atoms with Gasteiger partial charge in [0.25, 0.3) is 0 Å². The maximum atomic E-state index is 2.21. The molecule has 0 radical (unpaired) electrons. The van der Waals surface area contributed by atoms with Crippen LogP contribution >= 0.6 is 0 Å². The summed E-state index contributed by atoms with van der Waals surface area (Å²) >= 11 is 0. The third-order valence-corrected chi connectivity index (χ3v) is 2.06. The van der Waals surface area contributed by atoms with Crippen LogP contribution in [0.25, 0.3) is 0 Å². The van der Waals surface area contributed by atoms with Crippen LogP contribution in [-0.4, -0.2) is 0 Å². The lowest BCUT2D eigenvalue weighted by Crippen LogP contribution is -1.79. The molecular formula is C12H16. The molecule has 0 bridgehead atoms. The zero-order valence-corrected chi connectivity index (χ0v) is 7.88. The Morgan fingerprint density at radius 3 is 1.58 bits per heavy atom. The Labute approximate surface area is 75.0 Å². The predicted octanol–water partition coefficient (Wildman–Crippen LogP) is 3.79. The number of allylic oxidation sites excluding steroid dienone is 8. The van der Waals surface area contributed by atoms with E-state index in [0.717, 1.165) is 12.8 Å². The molecule has 64 valence electrons. The molecule has 0 heterocycles. The van der Waals surface area contributed by atoms with E-state index in [1.165, 1.54) is 11.1 Å². The van der Waals surface area contributed by atoms with Crippen LogP contribution in [0.5, 0.6) is 0 Å². The standard InChI is InChI=1S/C12H16/c1-3-11-7-5-6-8-12(4-2)10-9-11/h5-10H,3-4H2,1-2H3/b6-5?,7-5-,8-6-,10-9?,11-7?,11-9-,12-8?,12-10-. The van der Waals surface area contributed by atoms with Gasteiger partial charge in [0.15, 0.2) is 0 Å². The summed E-state index contributed by atoms with van der Waals surface area (Å²) in [5.41, 5.74) is 2.79. The third-order valence-electron chi connectivity index (χ3n) is 2.06. The Hall–Kier alpha value is -1.04. The molecule has 0 aromatic heterocycles. The van der Waals surface area contributed by atoms with Gasteiger partial charge in [-0.1, -0.05) is 50.3 Å². The smallest absolute Gasteiger partial charge is 0.0307 e. The van der Waals surface area contributed by atoms with Gasteiger partial charge in [-0.05, 0) is 24.0 Å². The van der Waals surface area contributed by atoms with Crippen molar-refractivity contribution in [1.29, 1.82) is 0 Å². The normalized spacial score (nSPS) is 30.5. The fourth-order valence-corrected chi connectivity index (χ4v) is 1.15. The number of hydrogen-bond donors (Lipinski definition) is 0. The summed E-state index contributed by atoms with van der Waals surface area (Å²) in [7, 11) is 0. The van der Waals surface area contributed by atoms with Gasteiger partial charge in [-0.3, -0.25) is 0 Å². The zero-order chi connectivity index (χ0) is 8.81. The van der Waals surface area contributed by atoms with Crippen LogP contribution in [0, 0.1) is 0 Å². The molecule has 12 heavy (non-hydrogen) atoms. The Bertz CT molecular complexity index is 221. The van der Waals surface area contributed by atoms with E-state index in [1.54, 1.807) is 0 Å². The van der Waals surface area contributed by atoms with Crippen molar-refractivity contribution in [3.05, 3.63) is 47.6 Å². The first-order valence-electron chi connectivity index (χ1n) is 4.61. The van der Waals surface area contributed by atoms with Crippen LogP contribution in [0.1, 0.15) is 26.7 Å². The highest BCUT2D eigenvalue weighted by Crippen LogP contribution is 2.10. The van der Waals surface area contributed by atoms with Crippen LogP contribution in [-0.2, 0) is 0 Å². The molecule has 0 fully saturated rings. The van der Waals surface area contributed by atoms with Gasteiger partial charge < -0.3 is 0 Å². The first-order chi connectivity index (χ1) is 5.86. The van der Waals surface area contributed by atoms with Crippen LogP contribution in [0.3, 0.4) is 0 Å². The van der Waals surface area contributed by atoms with Crippen LogP contribution in [0.4, 0.5) is 0 Å². The SMILES string of the molecule is CCC1=C/C=C(CC)\C=C/C=C\1. The summed E-state index contributed by atoms with van der Waals surface area (Å²) in [6, 6.07) is 0. The van der Waals surface area contributed by atoms with E-state index in [1.807, 2.05) is 0 Å². The monoisotopic (exact) mass is 160 g/mol. The van der Waals surface area contributed by atoms with Crippen molar-refractivity contribution in [1.82, 2.24) is 0 Å². The van der Waals surface area contributed by atoms with Crippen molar-refractivity contribution < 1.29 is 0 Å². The van der Waals surface area contributed by atoms with Gasteiger partial charge in [0.2, 0.25) is 0 Å². The highest BCUT2D eigenvalue weighted by atomic mass is 14.0. The summed E-state index contributed by atoms with van der Waals surface area (Å²) in [6.07, 6.45) is 15.2. The summed E-state index contributed by atoms with van der Waals surface area (Å²) in [5.74, 6) is 0. The Kier molecular flexibility index (Phi) is 3.59. The molecule has 0 aromatic carbocycles. The molecular weight excluding hydrogens is 144 g/mol. The average Bonchev–Trinajstić information content (AvgIpc) is 2.05. The highest BCUT2D eigenvalue weighted by Gasteiger charge is 1.90. The second kappa shape index (κ2) is 4.76. The molecule has 0 saturated heterocycles. The summed E-state index contributed by atoms with van der Waals surface area (Å²) < 4.78 is 0. The maximum Gasteiger partial charge on any atom is -0.0307 e. The molecule has 1 aliphatic carbocycles. The third kappa shape index (κ3) is 2.54. The van der Waals surface area contributed by atoms with Gasteiger partial charge in [-0.25, -0.2) is 0 Å². The summed E-state index contributed by atoms with van der Waals surface area (Å²) in [4.78, 5) is 0. The van der Waals surface area contributed by atoms with E-state index in [4.69, 9.17) is 0 Å². The van der Waals surface area contributed by atoms with Gasteiger partial charge in [0, 0.05) is 0 Å². The average molecular weight is 160 g/mol. The second-order valence-electron chi connectivity index (χ2n) is 2.91. The lowest BCUT2D eigenvalue weighted by atomic mass is 10.1. The topological polar surface area (TPSA) is 0 Å². The van der Waals surface area contributed by atoms with E-state index in [-0.39, 0.29) is 0 Å². The molecule has 0 saturated carbocycles. The quantitative estimate of drug-likeness (QED) is 0.576. The molecule has 1 rings (SSSR count). The second-order valence-corrected chi connectivity index (χ2v) is 2.91. The Morgan fingerprint density at radius 2 is 1.25 bits per heavy atom. The molecule has 0 heteroatoms. The molecule has 0 N–H and O–H groups in total. The van der Waals surface area contributed by atoms with Gasteiger partial charge in [-0.2, -0.15) is 0 Å². The van der Waals surface area contributed by atoms with Crippen molar-refractivity contribution >= 4 is 0 Å².